The van der Waals surface area contributed by atoms with E-state index in [1.54, 1.807) is 10.7 Å². The predicted molar refractivity (Wildman–Crippen MR) is 70.8 cm³/mol. The Bertz CT molecular complexity index is 639. The van der Waals surface area contributed by atoms with Crippen LogP contribution in [-0.4, -0.2) is 28.6 Å². The number of hydrogen-bond acceptors (Lipinski definition) is 5. The summed E-state index contributed by atoms with van der Waals surface area (Å²) in [5, 5.41) is 4.31. The molecule has 0 aromatic carbocycles. The van der Waals surface area contributed by atoms with Crippen molar-refractivity contribution in [3.8, 4) is 0 Å². The third-order valence-electron chi connectivity index (χ3n) is 2.94. The Kier molecular flexibility index (Phi) is 4.02. The van der Waals surface area contributed by atoms with Crippen LogP contribution < -0.4 is 0 Å². The van der Waals surface area contributed by atoms with Gasteiger partial charge >= 0.3 is 5.97 Å². The van der Waals surface area contributed by atoms with Crippen molar-refractivity contribution >= 4 is 11.8 Å². The first-order chi connectivity index (χ1) is 9.60. The monoisotopic (exact) mass is 276 g/mol. The van der Waals surface area contributed by atoms with E-state index in [9.17, 15) is 9.59 Å². The highest BCUT2D eigenvalue weighted by molar-refractivity contribution is 6.06. The van der Waals surface area contributed by atoms with E-state index in [0.29, 0.717) is 12.2 Å². The van der Waals surface area contributed by atoms with E-state index >= 15 is 0 Å². The fraction of sp³-hybridized carbons (Fsp3) is 0.357. The lowest BCUT2D eigenvalue weighted by molar-refractivity contribution is 0.0563. The molecule has 6 nitrogen and oxygen atoms in total. The van der Waals surface area contributed by atoms with Gasteiger partial charge in [0, 0.05) is 6.54 Å². The second-order valence-corrected chi connectivity index (χ2v) is 4.17. The number of nitrogens with zero attached hydrogens (tertiary/aromatic N) is 2. The molecule has 106 valence electrons. The highest BCUT2D eigenvalue weighted by atomic mass is 16.5. The molecule has 2 heterocycles. The van der Waals surface area contributed by atoms with Crippen LogP contribution >= 0.6 is 0 Å². The van der Waals surface area contributed by atoms with Gasteiger partial charge in [-0.1, -0.05) is 6.92 Å². The van der Waals surface area contributed by atoms with Crippen LogP contribution in [0.5, 0.6) is 0 Å². The van der Waals surface area contributed by atoms with E-state index in [4.69, 9.17) is 4.42 Å². The minimum absolute atomic E-state index is 0.00845. The van der Waals surface area contributed by atoms with Gasteiger partial charge in [-0.2, -0.15) is 5.10 Å². The molecule has 0 aliphatic heterocycles. The molecule has 0 N–H and O–H groups in total. The SMILES string of the molecule is CCc1cc(C(=O)c2ccc(C(=O)OC)o2)n(CC)n1. The van der Waals surface area contributed by atoms with Crippen molar-refractivity contribution in [1.82, 2.24) is 9.78 Å². The van der Waals surface area contributed by atoms with Gasteiger partial charge in [-0.05, 0) is 31.5 Å². The summed E-state index contributed by atoms with van der Waals surface area (Å²) < 4.78 is 11.4. The summed E-state index contributed by atoms with van der Waals surface area (Å²) in [6, 6.07) is 4.63. The summed E-state index contributed by atoms with van der Waals surface area (Å²) in [7, 11) is 1.26. The van der Waals surface area contributed by atoms with Crippen molar-refractivity contribution in [1.29, 1.82) is 0 Å². The van der Waals surface area contributed by atoms with Crippen molar-refractivity contribution in [2.24, 2.45) is 0 Å². The van der Waals surface area contributed by atoms with Crippen LogP contribution in [0.25, 0.3) is 0 Å². The number of hydrogen-bond donors (Lipinski definition) is 0. The zero-order chi connectivity index (χ0) is 14.7. The van der Waals surface area contributed by atoms with E-state index < -0.39 is 5.97 Å². The number of furan rings is 1. The number of aromatic nitrogens is 2. The minimum atomic E-state index is -0.609. The molecule has 0 aliphatic carbocycles. The van der Waals surface area contributed by atoms with Gasteiger partial charge in [0.1, 0.15) is 5.69 Å². The molecule has 0 saturated carbocycles. The summed E-state index contributed by atoms with van der Waals surface area (Å²) >= 11 is 0. The molecule has 2 rings (SSSR count). The Hall–Kier alpha value is -2.37. The maximum atomic E-state index is 12.4. The average Bonchev–Trinajstić information content (AvgIpc) is 3.11. The quantitative estimate of drug-likeness (QED) is 0.617. The van der Waals surface area contributed by atoms with Crippen LogP contribution in [0.1, 0.15) is 46.3 Å². The summed E-state index contributed by atoms with van der Waals surface area (Å²) in [6.45, 7) is 4.47. The molecule has 2 aromatic heterocycles. The Balaban J connectivity index is 2.33. The van der Waals surface area contributed by atoms with Gasteiger partial charge in [-0.25, -0.2) is 4.79 Å². The van der Waals surface area contributed by atoms with E-state index in [2.05, 4.69) is 9.84 Å². The molecular weight excluding hydrogens is 260 g/mol. The Morgan fingerprint density at radius 1 is 1.30 bits per heavy atom. The van der Waals surface area contributed by atoms with Crippen LogP contribution in [0.4, 0.5) is 0 Å². The third-order valence-corrected chi connectivity index (χ3v) is 2.94. The van der Waals surface area contributed by atoms with Crippen molar-refractivity contribution in [3.05, 3.63) is 41.1 Å². The lowest BCUT2D eigenvalue weighted by atomic mass is 10.2. The van der Waals surface area contributed by atoms with Crippen LogP contribution in [0.3, 0.4) is 0 Å². The van der Waals surface area contributed by atoms with Crippen molar-refractivity contribution in [3.63, 3.8) is 0 Å². The number of ether oxygens (including phenoxy) is 1. The smallest absolute Gasteiger partial charge is 0.373 e. The normalized spacial score (nSPS) is 10.6. The Morgan fingerprint density at radius 3 is 2.60 bits per heavy atom. The number of ketones is 1. The maximum absolute atomic E-state index is 12.4. The minimum Gasteiger partial charge on any atom is -0.463 e. The number of rotatable bonds is 5. The molecule has 2 aromatic rings. The molecule has 0 amide bonds. The second-order valence-electron chi connectivity index (χ2n) is 4.17. The fourth-order valence-corrected chi connectivity index (χ4v) is 1.86. The zero-order valence-electron chi connectivity index (χ0n) is 11.7. The number of methoxy groups -OCH3 is 1. The second kappa shape index (κ2) is 5.73. The van der Waals surface area contributed by atoms with E-state index in [1.165, 1.54) is 19.2 Å². The summed E-state index contributed by atoms with van der Waals surface area (Å²) in [4.78, 5) is 23.7. The molecule has 6 heteroatoms. The van der Waals surface area contributed by atoms with Crippen LogP contribution in [0.2, 0.25) is 0 Å². The summed E-state index contributed by atoms with van der Waals surface area (Å²) in [5.74, 6) is -0.798. The van der Waals surface area contributed by atoms with Gasteiger partial charge in [0.15, 0.2) is 5.76 Å². The fourth-order valence-electron chi connectivity index (χ4n) is 1.86. The van der Waals surface area contributed by atoms with E-state index in [1.807, 2.05) is 13.8 Å². The number of carbonyl (C=O) groups excluding carboxylic acids is 2. The lowest BCUT2D eigenvalue weighted by Crippen LogP contribution is -2.10. The topological polar surface area (TPSA) is 74.3 Å². The third kappa shape index (κ3) is 2.49. The summed E-state index contributed by atoms with van der Waals surface area (Å²) in [5.41, 5.74) is 1.30. The zero-order valence-corrected chi connectivity index (χ0v) is 11.7. The first-order valence-corrected chi connectivity index (χ1v) is 6.40. The first-order valence-electron chi connectivity index (χ1n) is 6.40. The maximum Gasteiger partial charge on any atom is 0.373 e. The molecule has 0 spiro atoms. The first kappa shape index (κ1) is 14.0. The van der Waals surface area contributed by atoms with Crippen LogP contribution in [0, 0.1) is 0 Å². The van der Waals surface area contributed by atoms with Crippen molar-refractivity contribution in [2.75, 3.05) is 7.11 Å². The van der Waals surface area contributed by atoms with Crippen molar-refractivity contribution in [2.45, 2.75) is 26.8 Å². The molecule has 0 atom stereocenters. The Labute approximate surface area is 116 Å². The molecule has 0 unspecified atom stereocenters. The molecule has 0 saturated heterocycles. The average molecular weight is 276 g/mol. The Morgan fingerprint density at radius 2 is 2.00 bits per heavy atom. The van der Waals surface area contributed by atoms with E-state index in [0.717, 1.165) is 12.1 Å². The van der Waals surface area contributed by atoms with E-state index in [-0.39, 0.29) is 17.3 Å². The number of aryl methyl sites for hydroxylation is 2. The molecule has 20 heavy (non-hydrogen) atoms. The summed E-state index contributed by atoms with van der Waals surface area (Å²) in [6.07, 6.45) is 0.749. The molecule has 0 bridgehead atoms. The standard InChI is InChI=1S/C14H16N2O4/c1-4-9-8-10(16(5-2)15-9)13(17)11-6-7-12(20-11)14(18)19-3/h6-8H,4-5H2,1-3H3. The number of carbonyl (C=O) groups is 2. The van der Waals surface area contributed by atoms with Gasteiger partial charge in [0.05, 0.1) is 12.8 Å². The molecule has 0 aliphatic rings. The molecule has 0 fully saturated rings. The molecule has 0 radical (unpaired) electrons. The van der Waals surface area contributed by atoms with Gasteiger partial charge in [0.2, 0.25) is 11.5 Å². The predicted octanol–water partition coefficient (Wildman–Crippen LogP) is 2.08. The largest absolute Gasteiger partial charge is 0.463 e. The van der Waals surface area contributed by atoms with Gasteiger partial charge in [0.25, 0.3) is 0 Å². The van der Waals surface area contributed by atoms with Gasteiger partial charge < -0.3 is 9.15 Å². The van der Waals surface area contributed by atoms with Gasteiger partial charge in [-0.15, -0.1) is 0 Å². The van der Waals surface area contributed by atoms with Crippen LogP contribution in [-0.2, 0) is 17.7 Å². The van der Waals surface area contributed by atoms with Gasteiger partial charge in [-0.3, -0.25) is 9.48 Å². The van der Waals surface area contributed by atoms with Crippen LogP contribution in [0.15, 0.2) is 22.6 Å². The lowest BCUT2D eigenvalue weighted by Gasteiger charge is -2.01. The highest BCUT2D eigenvalue weighted by Crippen LogP contribution is 2.16. The molecular formula is C14H16N2O4. The number of esters is 1. The van der Waals surface area contributed by atoms with Crippen molar-refractivity contribution < 1.29 is 18.7 Å². The highest BCUT2D eigenvalue weighted by Gasteiger charge is 2.21.